The largest absolute Gasteiger partial charge is 0.389 e. The summed E-state index contributed by atoms with van der Waals surface area (Å²) in [6, 6.07) is 0.971. The Balaban J connectivity index is 1.80. The molecular weight excluding hydrogens is 422 g/mol. The van der Waals surface area contributed by atoms with Crippen LogP contribution in [-0.4, -0.2) is 72.1 Å². The number of nitrogens with zero attached hydrogens (tertiary/aromatic N) is 1. The van der Waals surface area contributed by atoms with Crippen LogP contribution in [0.1, 0.15) is 25.8 Å². The smallest absolute Gasteiger partial charge is 0.239 e. The topological polar surface area (TPSA) is 111 Å². The minimum atomic E-state index is -1.36. The van der Waals surface area contributed by atoms with Gasteiger partial charge in [0.05, 0.1) is 18.1 Å². The third-order valence-corrected chi connectivity index (χ3v) is 6.08. The molecule has 1 aromatic rings. The Hall–Kier alpha value is -2.59. The molecule has 2 fully saturated rings. The van der Waals surface area contributed by atoms with Crippen molar-refractivity contribution in [2.24, 2.45) is 11.8 Å². The van der Waals surface area contributed by atoms with Crippen molar-refractivity contribution >= 4 is 17.7 Å². The quantitative estimate of drug-likeness (QED) is 0.442. The van der Waals surface area contributed by atoms with Gasteiger partial charge < -0.3 is 26.0 Å². The molecule has 2 heterocycles. The van der Waals surface area contributed by atoms with E-state index in [1.807, 2.05) is 6.92 Å². The lowest BCUT2D eigenvalue weighted by Crippen LogP contribution is -2.63. The number of halogens is 2. The Kier molecular flexibility index (Phi) is 7.78. The fourth-order valence-electron chi connectivity index (χ4n) is 4.38. The van der Waals surface area contributed by atoms with Crippen molar-refractivity contribution in [3.05, 3.63) is 35.4 Å². The predicted octanol–water partition coefficient (Wildman–Crippen LogP) is -0.0545. The average molecular weight is 453 g/mol. The van der Waals surface area contributed by atoms with Crippen LogP contribution in [0.5, 0.6) is 0 Å². The van der Waals surface area contributed by atoms with E-state index in [9.17, 15) is 28.3 Å². The van der Waals surface area contributed by atoms with Crippen LogP contribution < -0.4 is 16.0 Å². The summed E-state index contributed by atoms with van der Waals surface area (Å²) in [4.78, 5) is 39.4. The van der Waals surface area contributed by atoms with Crippen LogP contribution in [-0.2, 0) is 20.8 Å². The number of rotatable bonds is 8. The minimum Gasteiger partial charge on any atom is -0.389 e. The lowest BCUT2D eigenvalue weighted by molar-refractivity contribution is -0.133. The second-order valence-electron chi connectivity index (χ2n) is 8.49. The number of benzene rings is 1. The number of hydrogen-bond donors (Lipinski definition) is 4. The van der Waals surface area contributed by atoms with Gasteiger partial charge in [0, 0.05) is 38.2 Å². The molecule has 0 aromatic heterocycles. The highest BCUT2D eigenvalue weighted by Gasteiger charge is 2.43. The van der Waals surface area contributed by atoms with E-state index >= 15 is 0 Å². The number of aliphatic hydroxyl groups excluding tert-OH is 1. The van der Waals surface area contributed by atoms with Gasteiger partial charge in [0.1, 0.15) is 17.7 Å². The fraction of sp³-hybridized carbons (Fsp3) is 0.591. The normalized spacial score (nSPS) is 25.4. The molecule has 4 N–H and O–H groups in total. The molecule has 2 aliphatic rings. The second-order valence-corrected chi connectivity index (χ2v) is 8.49. The highest BCUT2D eigenvalue weighted by Crippen LogP contribution is 2.25. The number of amides is 3. The molecule has 32 heavy (non-hydrogen) atoms. The summed E-state index contributed by atoms with van der Waals surface area (Å²) in [7, 11) is 0. The Morgan fingerprint density at radius 1 is 1.25 bits per heavy atom. The number of nitrogens with one attached hydrogen (secondary N) is 3. The maximum absolute atomic E-state index is 13.7. The highest BCUT2D eigenvalue weighted by atomic mass is 19.1. The van der Waals surface area contributed by atoms with Gasteiger partial charge in [0.25, 0.3) is 0 Å². The molecule has 176 valence electrons. The molecule has 0 aliphatic carbocycles. The van der Waals surface area contributed by atoms with Gasteiger partial charge in [-0.3, -0.25) is 14.4 Å². The van der Waals surface area contributed by atoms with E-state index < -0.39 is 53.5 Å². The molecular formula is C22H30F2N4O4. The van der Waals surface area contributed by atoms with Crippen LogP contribution in [0, 0.1) is 23.5 Å². The molecule has 0 saturated carbocycles. The maximum atomic E-state index is 13.7. The van der Waals surface area contributed by atoms with Gasteiger partial charge in [-0.15, -0.1) is 0 Å². The predicted molar refractivity (Wildman–Crippen MR) is 112 cm³/mol. The zero-order valence-electron chi connectivity index (χ0n) is 18.2. The molecule has 2 aliphatic heterocycles. The van der Waals surface area contributed by atoms with Gasteiger partial charge in [-0.2, -0.15) is 0 Å². The highest BCUT2D eigenvalue weighted by molar-refractivity contribution is 5.91. The molecule has 2 unspecified atom stereocenters. The standard InChI is InChI=1S/C22H30F2N4O4/c1-3-6-28-11-16(12(2)22(28)32)20(30)27-17(9-13-7-14(23)10-15(24)8-13)19(29)18-21(31)26-5-4-25-18/h7-8,10,12,16-19,25,29H,3-6,9,11H2,1-2H3,(H,26,31)(H,27,30)/t12?,16?,17-,18-,19-/m0/s1. The monoisotopic (exact) mass is 452 g/mol. The molecule has 0 spiro atoms. The van der Waals surface area contributed by atoms with E-state index in [1.54, 1.807) is 11.8 Å². The van der Waals surface area contributed by atoms with Crippen molar-refractivity contribution in [1.29, 1.82) is 0 Å². The van der Waals surface area contributed by atoms with E-state index in [0.29, 0.717) is 19.6 Å². The Labute approximate surface area is 185 Å². The van der Waals surface area contributed by atoms with Crippen LogP contribution in [0.25, 0.3) is 0 Å². The van der Waals surface area contributed by atoms with E-state index in [1.165, 1.54) is 0 Å². The number of aliphatic hydroxyl groups is 1. The van der Waals surface area contributed by atoms with E-state index in [4.69, 9.17) is 0 Å². The zero-order valence-corrected chi connectivity index (χ0v) is 18.2. The van der Waals surface area contributed by atoms with Crippen molar-refractivity contribution in [3.8, 4) is 0 Å². The first-order valence-electron chi connectivity index (χ1n) is 10.9. The molecule has 10 heteroatoms. The van der Waals surface area contributed by atoms with Gasteiger partial charge in [-0.05, 0) is 30.5 Å². The first-order valence-corrected chi connectivity index (χ1v) is 10.9. The van der Waals surface area contributed by atoms with Crippen molar-refractivity contribution in [2.45, 2.75) is 44.9 Å². The number of hydrogen-bond acceptors (Lipinski definition) is 5. The number of carbonyl (C=O) groups excluding carboxylic acids is 3. The fourth-order valence-corrected chi connectivity index (χ4v) is 4.38. The summed E-state index contributed by atoms with van der Waals surface area (Å²) in [6.07, 6.45) is -0.688. The number of likely N-dealkylation sites (tertiary alicyclic amines) is 1. The zero-order chi connectivity index (χ0) is 23.4. The van der Waals surface area contributed by atoms with Crippen molar-refractivity contribution in [3.63, 3.8) is 0 Å². The average Bonchev–Trinajstić information content (AvgIpc) is 3.01. The van der Waals surface area contributed by atoms with Crippen molar-refractivity contribution in [2.75, 3.05) is 26.2 Å². The van der Waals surface area contributed by atoms with Crippen LogP contribution in [0.2, 0.25) is 0 Å². The Morgan fingerprint density at radius 3 is 2.56 bits per heavy atom. The van der Waals surface area contributed by atoms with Crippen LogP contribution in [0.15, 0.2) is 18.2 Å². The van der Waals surface area contributed by atoms with Crippen LogP contribution in [0.4, 0.5) is 8.78 Å². The second kappa shape index (κ2) is 10.4. The number of carbonyl (C=O) groups is 3. The third kappa shape index (κ3) is 5.42. The summed E-state index contributed by atoms with van der Waals surface area (Å²) in [6.45, 7) is 5.28. The Bertz CT molecular complexity index is 848. The van der Waals surface area contributed by atoms with E-state index in [-0.39, 0.29) is 24.4 Å². The summed E-state index contributed by atoms with van der Waals surface area (Å²) < 4.78 is 27.4. The lowest BCUT2D eigenvalue weighted by Gasteiger charge is -2.33. The lowest BCUT2D eigenvalue weighted by atomic mass is 9.92. The van der Waals surface area contributed by atoms with Gasteiger partial charge in [-0.25, -0.2) is 8.78 Å². The molecule has 8 nitrogen and oxygen atoms in total. The van der Waals surface area contributed by atoms with E-state index in [2.05, 4.69) is 16.0 Å². The SMILES string of the molecule is CCCN1CC(C(=O)N[C@@H](Cc2cc(F)cc(F)c2)[C@H](O)[C@@H]2NCCNC2=O)C(C)C1=O. The summed E-state index contributed by atoms with van der Waals surface area (Å²) in [5.74, 6) is -3.68. The number of piperazine rings is 1. The maximum Gasteiger partial charge on any atom is 0.239 e. The molecule has 0 radical (unpaired) electrons. The summed E-state index contributed by atoms with van der Waals surface area (Å²) in [5, 5.41) is 19.3. The van der Waals surface area contributed by atoms with Crippen LogP contribution in [0.3, 0.4) is 0 Å². The summed E-state index contributed by atoms with van der Waals surface area (Å²) >= 11 is 0. The molecule has 1 aromatic carbocycles. The summed E-state index contributed by atoms with van der Waals surface area (Å²) in [5.41, 5.74) is 0.228. The Morgan fingerprint density at radius 2 is 1.94 bits per heavy atom. The van der Waals surface area contributed by atoms with Gasteiger partial charge in [0.2, 0.25) is 17.7 Å². The van der Waals surface area contributed by atoms with Crippen molar-refractivity contribution in [1.82, 2.24) is 20.9 Å². The first kappa shape index (κ1) is 24.1. The van der Waals surface area contributed by atoms with Crippen molar-refractivity contribution < 1.29 is 28.3 Å². The van der Waals surface area contributed by atoms with Gasteiger partial charge in [-0.1, -0.05) is 13.8 Å². The molecule has 5 atom stereocenters. The van der Waals surface area contributed by atoms with Gasteiger partial charge >= 0.3 is 0 Å². The molecule has 3 amide bonds. The molecule has 0 bridgehead atoms. The third-order valence-electron chi connectivity index (χ3n) is 6.08. The molecule has 2 saturated heterocycles. The minimum absolute atomic E-state index is 0.0965. The van der Waals surface area contributed by atoms with E-state index in [0.717, 1.165) is 24.6 Å². The first-order chi connectivity index (χ1) is 15.2. The van der Waals surface area contributed by atoms with Gasteiger partial charge in [0.15, 0.2) is 0 Å². The van der Waals surface area contributed by atoms with Crippen LogP contribution >= 0.6 is 0 Å². The molecule has 3 rings (SSSR count).